The van der Waals surface area contributed by atoms with Crippen molar-refractivity contribution in [1.82, 2.24) is 9.88 Å². The van der Waals surface area contributed by atoms with Crippen molar-refractivity contribution in [2.24, 2.45) is 0 Å². The minimum absolute atomic E-state index is 0.0720. The summed E-state index contributed by atoms with van der Waals surface area (Å²) >= 11 is 6.31. The average Bonchev–Trinajstić information content (AvgIpc) is 2.66. The molecule has 2 N–H and O–H groups in total. The summed E-state index contributed by atoms with van der Waals surface area (Å²) in [6.45, 7) is 3.78. The molecule has 31 heavy (non-hydrogen) atoms. The van der Waals surface area contributed by atoms with Crippen molar-refractivity contribution in [2.75, 3.05) is 18.4 Å². The molecule has 0 aliphatic carbocycles. The van der Waals surface area contributed by atoms with Crippen LogP contribution in [0.2, 0.25) is 5.02 Å². The molecule has 3 rings (SSSR count). The molecule has 5 nitrogen and oxygen atoms in total. The van der Waals surface area contributed by atoms with Crippen molar-refractivity contribution in [3.8, 4) is 0 Å². The van der Waals surface area contributed by atoms with E-state index in [0.29, 0.717) is 41.4 Å². The van der Waals surface area contributed by atoms with Crippen LogP contribution in [0.25, 0.3) is 5.57 Å². The highest BCUT2D eigenvalue weighted by molar-refractivity contribution is 6.32. The molecule has 166 valence electrons. The van der Waals surface area contributed by atoms with Crippen molar-refractivity contribution in [3.05, 3.63) is 64.2 Å². The van der Waals surface area contributed by atoms with Crippen molar-refractivity contribution in [2.45, 2.75) is 32.0 Å². The summed E-state index contributed by atoms with van der Waals surface area (Å²) in [5.41, 5.74) is -0.588. The molecule has 10 heteroatoms. The van der Waals surface area contributed by atoms with Crippen LogP contribution < -0.4 is 5.32 Å². The Morgan fingerprint density at radius 2 is 1.97 bits per heavy atom. The van der Waals surface area contributed by atoms with E-state index in [4.69, 9.17) is 11.6 Å². The molecular weight excluding hydrogens is 438 g/mol. The summed E-state index contributed by atoms with van der Waals surface area (Å²) in [5, 5.41) is 12.8. The molecule has 0 bridgehead atoms. The lowest BCUT2D eigenvalue weighted by Crippen LogP contribution is -2.38. The fraction of sp³-hybridized carbons (Fsp3) is 0.333. The smallest absolute Gasteiger partial charge is 0.386 e. The minimum Gasteiger partial charge on any atom is -0.386 e. The standard InChI is InChI=1S/C21H20ClF4N3O2/c1-20(2,31)13-9-16(22)18(27-11-13)12-5-7-29(8-6-12)19(30)28-14-3-4-15(17(23)10-14)21(24,25)26/h3-5,9-11,31H,6-8H2,1-2H3,(H,28,30). The molecule has 0 saturated heterocycles. The number of halogens is 5. The maximum Gasteiger partial charge on any atom is 0.419 e. The van der Waals surface area contributed by atoms with Crippen molar-refractivity contribution < 1.29 is 27.5 Å². The second-order valence-electron chi connectivity index (χ2n) is 7.66. The number of aliphatic hydroxyl groups is 1. The Labute approximate surface area is 181 Å². The summed E-state index contributed by atoms with van der Waals surface area (Å²) in [4.78, 5) is 18.2. The number of benzene rings is 1. The molecule has 2 aromatic rings. The molecule has 2 amide bonds. The van der Waals surface area contributed by atoms with Crippen molar-refractivity contribution in [3.63, 3.8) is 0 Å². The predicted molar refractivity (Wildman–Crippen MR) is 109 cm³/mol. The third kappa shape index (κ3) is 5.34. The lowest BCUT2D eigenvalue weighted by molar-refractivity contribution is -0.139. The van der Waals surface area contributed by atoms with Gasteiger partial charge in [0.2, 0.25) is 0 Å². The Kier molecular flexibility index (Phi) is 6.29. The summed E-state index contributed by atoms with van der Waals surface area (Å²) < 4.78 is 51.6. The minimum atomic E-state index is -4.80. The second-order valence-corrected chi connectivity index (χ2v) is 8.07. The molecular formula is C21H20ClF4N3O2. The van der Waals surface area contributed by atoms with E-state index < -0.39 is 29.2 Å². The third-order valence-corrected chi connectivity index (χ3v) is 5.16. The molecule has 2 heterocycles. The maximum absolute atomic E-state index is 13.7. The summed E-state index contributed by atoms with van der Waals surface area (Å²) in [5.74, 6) is -1.46. The maximum atomic E-state index is 13.7. The van der Waals surface area contributed by atoms with Gasteiger partial charge in [-0.2, -0.15) is 13.2 Å². The number of aromatic nitrogens is 1. The first-order valence-electron chi connectivity index (χ1n) is 9.37. The van der Waals surface area contributed by atoms with Gasteiger partial charge in [0.1, 0.15) is 5.82 Å². The van der Waals surface area contributed by atoms with Gasteiger partial charge in [-0.15, -0.1) is 0 Å². The molecule has 0 unspecified atom stereocenters. The summed E-state index contributed by atoms with van der Waals surface area (Å²) in [6.07, 6.45) is -1.04. The zero-order chi connectivity index (χ0) is 23.0. The van der Waals surface area contributed by atoms with E-state index in [9.17, 15) is 27.5 Å². The van der Waals surface area contributed by atoms with E-state index in [1.54, 1.807) is 32.2 Å². The molecule has 0 fully saturated rings. The topological polar surface area (TPSA) is 65.5 Å². The number of carbonyl (C=O) groups excluding carboxylic acids is 1. The normalized spacial score (nSPS) is 15.0. The largest absolute Gasteiger partial charge is 0.419 e. The molecule has 1 aliphatic heterocycles. The average molecular weight is 458 g/mol. The zero-order valence-corrected chi connectivity index (χ0v) is 17.5. The molecule has 0 atom stereocenters. The number of nitrogens with one attached hydrogen (secondary N) is 1. The molecule has 0 spiro atoms. The molecule has 1 aromatic carbocycles. The summed E-state index contributed by atoms with van der Waals surface area (Å²) in [7, 11) is 0. The Hall–Kier alpha value is -2.65. The first kappa shape index (κ1) is 23.0. The van der Waals surface area contributed by atoms with Gasteiger partial charge in [0.05, 0.1) is 21.9 Å². The van der Waals surface area contributed by atoms with Crippen LogP contribution in [-0.4, -0.2) is 34.1 Å². The Balaban J connectivity index is 1.68. The van der Waals surface area contributed by atoms with Gasteiger partial charge in [0.25, 0.3) is 0 Å². The van der Waals surface area contributed by atoms with Crippen LogP contribution in [0.3, 0.4) is 0 Å². The van der Waals surface area contributed by atoms with E-state index >= 15 is 0 Å². The number of carbonyl (C=O) groups is 1. The van der Waals surface area contributed by atoms with E-state index in [2.05, 4.69) is 10.3 Å². The first-order chi connectivity index (χ1) is 14.4. The van der Waals surface area contributed by atoms with Gasteiger partial charge >= 0.3 is 12.2 Å². The second kappa shape index (κ2) is 8.47. The zero-order valence-electron chi connectivity index (χ0n) is 16.7. The van der Waals surface area contributed by atoms with Gasteiger partial charge < -0.3 is 15.3 Å². The molecule has 0 radical (unpaired) electrons. The number of alkyl halides is 3. The number of hydrogen-bond acceptors (Lipinski definition) is 3. The van der Waals surface area contributed by atoms with Gasteiger partial charge in [-0.1, -0.05) is 17.7 Å². The van der Waals surface area contributed by atoms with Crippen molar-refractivity contribution >= 4 is 28.9 Å². The van der Waals surface area contributed by atoms with Crippen LogP contribution in [-0.2, 0) is 11.8 Å². The van der Waals surface area contributed by atoms with Crippen LogP contribution in [0, 0.1) is 5.82 Å². The molecule has 0 saturated carbocycles. The van der Waals surface area contributed by atoms with Crippen LogP contribution in [0.1, 0.15) is 37.1 Å². The van der Waals surface area contributed by atoms with Crippen LogP contribution in [0.15, 0.2) is 36.5 Å². The number of pyridine rings is 1. The fourth-order valence-electron chi connectivity index (χ4n) is 3.10. The Bertz CT molecular complexity index is 1030. The quantitative estimate of drug-likeness (QED) is 0.603. The SMILES string of the molecule is CC(C)(O)c1cnc(C2=CCN(C(=O)Nc3ccc(C(F)(F)F)c(F)c3)CC2)c(Cl)c1. The number of hydrogen-bond donors (Lipinski definition) is 2. The molecule has 1 aliphatic rings. The van der Waals surface area contributed by atoms with Gasteiger partial charge in [0.15, 0.2) is 0 Å². The fourth-order valence-corrected chi connectivity index (χ4v) is 3.39. The lowest BCUT2D eigenvalue weighted by Gasteiger charge is -2.27. The van der Waals surface area contributed by atoms with Crippen LogP contribution in [0.4, 0.5) is 28.0 Å². The molecule has 1 aromatic heterocycles. The summed E-state index contributed by atoms with van der Waals surface area (Å²) in [6, 6.07) is 3.31. The van der Waals surface area contributed by atoms with E-state index in [1.807, 2.05) is 0 Å². The Morgan fingerprint density at radius 3 is 2.48 bits per heavy atom. The first-order valence-corrected chi connectivity index (χ1v) is 9.74. The van der Waals surface area contributed by atoms with E-state index in [-0.39, 0.29) is 12.2 Å². The highest BCUT2D eigenvalue weighted by Gasteiger charge is 2.34. The van der Waals surface area contributed by atoms with Gasteiger partial charge in [0, 0.05) is 30.5 Å². The van der Waals surface area contributed by atoms with Gasteiger partial charge in [-0.05, 0) is 50.1 Å². The Morgan fingerprint density at radius 1 is 1.26 bits per heavy atom. The lowest BCUT2D eigenvalue weighted by atomic mass is 9.98. The number of rotatable bonds is 3. The number of anilines is 1. The van der Waals surface area contributed by atoms with Gasteiger partial charge in [-0.3, -0.25) is 4.98 Å². The highest BCUT2D eigenvalue weighted by Crippen LogP contribution is 2.33. The van der Waals surface area contributed by atoms with Crippen LogP contribution >= 0.6 is 11.6 Å². The van der Waals surface area contributed by atoms with E-state index in [1.165, 1.54) is 4.90 Å². The highest BCUT2D eigenvalue weighted by atomic mass is 35.5. The van der Waals surface area contributed by atoms with E-state index in [0.717, 1.165) is 11.6 Å². The predicted octanol–water partition coefficient (Wildman–Crippen LogP) is 5.44. The number of nitrogens with zero attached hydrogens (tertiary/aromatic N) is 2. The number of urea groups is 1. The number of amides is 2. The van der Waals surface area contributed by atoms with Crippen LogP contribution in [0.5, 0.6) is 0 Å². The van der Waals surface area contributed by atoms with Gasteiger partial charge in [-0.25, -0.2) is 9.18 Å². The third-order valence-electron chi connectivity index (χ3n) is 4.87. The monoisotopic (exact) mass is 457 g/mol. The van der Waals surface area contributed by atoms with Crippen molar-refractivity contribution in [1.29, 1.82) is 0 Å².